The van der Waals surface area contributed by atoms with E-state index in [1.54, 1.807) is 0 Å². The molecule has 19 heavy (non-hydrogen) atoms. The molecule has 0 radical (unpaired) electrons. The van der Waals surface area contributed by atoms with Gasteiger partial charge in [-0.1, -0.05) is 31.9 Å². The molecule has 2 nitrogen and oxygen atoms in total. The van der Waals surface area contributed by atoms with Gasteiger partial charge in [-0.25, -0.2) is 4.39 Å². The minimum atomic E-state index is -0.461. The first-order valence-electron chi connectivity index (χ1n) is 6.60. The summed E-state index contributed by atoms with van der Waals surface area (Å²) in [5.74, 6) is 0.0373. The lowest BCUT2D eigenvalue weighted by molar-refractivity contribution is 0.185. The molecule has 1 N–H and O–H groups in total. The molecule has 5 heteroatoms. The fourth-order valence-electron chi connectivity index (χ4n) is 1.74. The van der Waals surface area contributed by atoms with Crippen LogP contribution in [-0.2, 0) is 0 Å². The average Bonchev–Trinajstić information content (AvgIpc) is 2.36. The summed E-state index contributed by atoms with van der Waals surface area (Å²) in [6.45, 7) is 5.94. The topological polar surface area (TPSA) is 21.3 Å². The summed E-state index contributed by atoms with van der Waals surface area (Å²) < 4.78 is 20.0. The van der Waals surface area contributed by atoms with Crippen molar-refractivity contribution in [3.05, 3.63) is 27.4 Å². The first-order chi connectivity index (χ1) is 9.08. The Balaban J connectivity index is 2.69. The van der Waals surface area contributed by atoms with Crippen molar-refractivity contribution >= 4 is 27.5 Å². The van der Waals surface area contributed by atoms with E-state index >= 15 is 0 Å². The lowest BCUT2D eigenvalue weighted by Crippen LogP contribution is -2.31. The molecular weight excluding hydrogens is 333 g/mol. The molecule has 0 heterocycles. The van der Waals surface area contributed by atoms with E-state index in [0.29, 0.717) is 10.2 Å². The molecule has 0 bridgehead atoms. The maximum Gasteiger partial charge on any atom is 0.145 e. The molecule has 0 amide bonds. The van der Waals surface area contributed by atoms with Crippen LogP contribution in [-0.4, -0.2) is 19.2 Å². The number of benzene rings is 1. The predicted octanol–water partition coefficient (Wildman–Crippen LogP) is 4.79. The van der Waals surface area contributed by atoms with Gasteiger partial charge in [0, 0.05) is 12.6 Å². The largest absolute Gasteiger partial charge is 0.488 e. The second kappa shape index (κ2) is 8.77. The SMILES string of the molecule is CCCNCC(CCC)Oc1cc(F)c(Cl)cc1Br. The Morgan fingerprint density at radius 3 is 2.74 bits per heavy atom. The van der Waals surface area contributed by atoms with Crippen LogP contribution in [0.3, 0.4) is 0 Å². The number of ether oxygens (including phenoxy) is 1. The second-order valence-corrected chi connectivity index (χ2v) is 5.69. The molecule has 0 spiro atoms. The van der Waals surface area contributed by atoms with Crippen molar-refractivity contribution in [1.82, 2.24) is 5.32 Å². The van der Waals surface area contributed by atoms with Crippen LogP contribution in [0.2, 0.25) is 5.02 Å². The van der Waals surface area contributed by atoms with E-state index in [9.17, 15) is 4.39 Å². The van der Waals surface area contributed by atoms with Crippen LogP contribution in [0.1, 0.15) is 33.1 Å². The monoisotopic (exact) mass is 351 g/mol. The van der Waals surface area contributed by atoms with Crippen molar-refractivity contribution in [2.75, 3.05) is 13.1 Å². The van der Waals surface area contributed by atoms with Gasteiger partial charge in [-0.15, -0.1) is 0 Å². The van der Waals surface area contributed by atoms with Gasteiger partial charge < -0.3 is 10.1 Å². The van der Waals surface area contributed by atoms with E-state index in [1.165, 1.54) is 12.1 Å². The third kappa shape index (κ3) is 5.67. The van der Waals surface area contributed by atoms with Crippen LogP contribution in [0.5, 0.6) is 5.75 Å². The summed E-state index contributed by atoms with van der Waals surface area (Å²) in [7, 11) is 0. The fourth-order valence-corrected chi connectivity index (χ4v) is 2.47. The number of rotatable bonds is 8. The Labute approximate surface area is 127 Å². The van der Waals surface area contributed by atoms with Crippen molar-refractivity contribution in [3.63, 3.8) is 0 Å². The third-order valence-electron chi connectivity index (χ3n) is 2.68. The van der Waals surface area contributed by atoms with Gasteiger partial charge in [-0.2, -0.15) is 0 Å². The number of hydrogen-bond donors (Lipinski definition) is 1. The van der Waals surface area contributed by atoms with Gasteiger partial charge in [-0.3, -0.25) is 0 Å². The molecule has 108 valence electrons. The highest BCUT2D eigenvalue weighted by Gasteiger charge is 2.13. The van der Waals surface area contributed by atoms with Crippen molar-refractivity contribution in [2.45, 2.75) is 39.2 Å². The quantitative estimate of drug-likeness (QED) is 0.536. The summed E-state index contributed by atoms with van der Waals surface area (Å²) in [4.78, 5) is 0. The highest BCUT2D eigenvalue weighted by molar-refractivity contribution is 9.10. The Kier molecular flexibility index (Phi) is 7.73. The summed E-state index contributed by atoms with van der Waals surface area (Å²) in [5.41, 5.74) is 0. The maximum atomic E-state index is 13.5. The molecule has 1 rings (SSSR count). The van der Waals surface area contributed by atoms with Crippen molar-refractivity contribution in [1.29, 1.82) is 0 Å². The lowest BCUT2D eigenvalue weighted by Gasteiger charge is -2.20. The lowest BCUT2D eigenvalue weighted by atomic mass is 10.2. The van der Waals surface area contributed by atoms with Crippen LogP contribution in [0, 0.1) is 5.82 Å². The minimum absolute atomic E-state index is 0.0356. The van der Waals surface area contributed by atoms with Crippen LogP contribution >= 0.6 is 27.5 Å². The fraction of sp³-hybridized carbons (Fsp3) is 0.571. The van der Waals surface area contributed by atoms with Gasteiger partial charge in [0.05, 0.1) is 9.50 Å². The first kappa shape index (κ1) is 16.7. The van der Waals surface area contributed by atoms with E-state index in [4.69, 9.17) is 16.3 Å². The van der Waals surface area contributed by atoms with Crippen LogP contribution in [0.25, 0.3) is 0 Å². The van der Waals surface area contributed by atoms with Crippen LogP contribution < -0.4 is 10.1 Å². The Morgan fingerprint density at radius 2 is 2.11 bits per heavy atom. The second-order valence-electron chi connectivity index (χ2n) is 4.43. The van der Waals surface area contributed by atoms with Crippen LogP contribution in [0.15, 0.2) is 16.6 Å². The van der Waals surface area contributed by atoms with Gasteiger partial charge in [0.25, 0.3) is 0 Å². The molecule has 0 aliphatic heterocycles. The number of hydrogen-bond acceptors (Lipinski definition) is 2. The molecule has 1 aromatic rings. The molecular formula is C14H20BrClFNO. The van der Waals surface area contributed by atoms with Crippen molar-refractivity contribution < 1.29 is 9.13 Å². The van der Waals surface area contributed by atoms with E-state index in [-0.39, 0.29) is 11.1 Å². The first-order valence-corrected chi connectivity index (χ1v) is 7.77. The molecule has 1 unspecified atom stereocenters. The molecule has 0 saturated carbocycles. The Bertz CT molecular complexity index is 403. The zero-order valence-corrected chi connectivity index (χ0v) is 13.7. The molecule has 0 aliphatic rings. The Hall–Kier alpha value is -0.320. The Morgan fingerprint density at radius 1 is 1.37 bits per heavy atom. The highest BCUT2D eigenvalue weighted by Crippen LogP contribution is 2.31. The molecule has 1 atom stereocenters. The molecule has 0 aliphatic carbocycles. The normalized spacial score (nSPS) is 12.5. The minimum Gasteiger partial charge on any atom is -0.488 e. The zero-order chi connectivity index (χ0) is 14.3. The summed E-state index contributed by atoms with van der Waals surface area (Å²) >= 11 is 9.06. The van der Waals surface area contributed by atoms with Gasteiger partial charge >= 0.3 is 0 Å². The van der Waals surface area contributed by atoms with E-state index in [1.807, 2.05) is 0 Å². The van der Waals surface area contributed by atoms with Crippen LogP contribution in [0.4, 0.5) is 4.39 Å². The predicted molar refractivity (Wildman–Crippen MR) is 81.6 cm³/mol. The van der Waals surface area contributed by atoms with Crippen molar-refractivity contribution in [2.24, 2.45) is 0 Å². The molecule has 0 aromatic heterocycles. The number of nitrogens with one attached hydrogen (secondary N) is 1. The van der Waals surface area contributed by atoms with Gasteiger partial charge in [-0.05, 0) is 41.4 Å². The van der Waals surface area contributed by atoms with Gasteiger partial charge in [0.1, 0.15) is 17.7 Å². The average molecular weight is 353 g/mol. The molecule has 0 saturated heterocycles. The molecule has 0 fully saturated rings. The van der Waals surface area contributed by atoms with Crippen molar-refractivity contribution in [3.8, 4) is 5.75 Å². The highest BCUT2D eigenvalue weighted by atomic mass is 79.9. The third-order valence-corrected chi connectivity index (χ3v) is 3.59. The van der Waals surface area contributed by atoms with Gasteiger partial charge in [0.2, 0.25) is 0 Å². The van der Waals surface area contributed by atoms with E-state index in [2.05, 4.69) is 35.1 Å². The maximum absolute atomic E-state index is 13.5. The van der Waals surface area contributed by atoms with E-state index in [0.717, 1.165) is 32.4 Å². The molecule has 1 aromatic carbocycles. The smallest absolute Gasteiger partial charge is 0.145 e. The number of halogens is 3. The standard InChI is InChI=1S/C14H20BrClFNO/c1-3-5-10(9-18-6-4-2)19-14-8-13(17)12(16)7-11(14)15/h7-8,10,18H,3-6,9H2,1-2H3. The van der Waals surface area contributed by atoms with Gasteiger partial charge in [0.15, 0.2) is 0 Å². The summed E-state index contributed by atoms with van der Waals surface area (Å²) in [6.07, 6.45) is 3.06. The summed E-state index contributed by atoms with van der Waals surface area (Å²) in [5, 5.41) is 3.42. The summed E-state index contributed by atoms with van der Waals surface area (Å²) in [6, 6.07) is 2.85. The zero-order valence-electron chi connectivity index (χ0n) is 11.3. The van der Waals surface area contributed by atoms with E-state index < -0.39 is 5.82 Å².